The van der Waals surface area contributed by atoms with Crippen molar-refractivity contribution in [3.8, 4) is 11.5 Å². The van der Waals surface area contributed by atoms with E-state index < -0.39 is 27.2 Å². The van der Waals surface area contributed by atoms with Crippen molar-refractivity contribution in [3.63, 3.8) is 0 Å². The van der Waals surface area contributed by atoms with E-state index in [0.717, 1.165) is 11.5 Å². The first kappa shape index (κ1) is 53.6. The topological polar surface area (TPSA) is 144 Å². The summed E-state index contributed by atoms with van der Waals surface area (Å²) in [4.78, 5) is 42.3. The molecule has 3 amide bonds. The van der Waals surface area contributed by atoms with Gasteiger partial charge in [0, 0.05) is 43.7 Å². The van der Waals surface area contributed by atoms with Crippen molar-refractivity contribution in [2.75, 3.05) is 113 Å². The molecule has 4 aromatic carbocycles. The highest BCUT2D eigenvalue weighted by molar-refractivity contribution is 9.48. The van der Waals surface area contributed by atoms with E-state index in [9.17, 15) is 23.2 Å². The second-order valence-electron chi connectivity index (χ2n) is 16.1. The molecule has 376 valence electrons. The summed E-state index contributed by atoms with van der Waals surface area (Å²) in [5.74, 6) is 0.794. The highest BCUT2D eigenvalue weighted by Gasteiger charge is 2.46. The summed E-state index contributed by atoms with van der Waals surface area (Å²) < 4.78 is 57.0. The van der Waals surface area contributed by atoms with Gasteiger partial charge in [-0.1, -0.05) is 57.8 Å². The summed E-state index contributed by atoms with van der Waals surface area (Å²) in [6.07, 6.45) is -1.76. The third-order valence-corrected chi connectivity index (χ3v) is 42.7. The molecule has 5 fully saturated rings. The number of carbonyl (C=O) groups is 3. The average Bonchev–Trinajstić information content (AvgIpc) is 3.93. The number of nitrogens with one attached hydrogen (secondary N) is 2. The SMILES string of the molecule is CC(=O)NC[C@H]1CN(c2ccc(N3CCOCC3)c(F)c2)C(=O)O1.CC(=S)NC[C@H]1CN(c2ccc(N3CCOCC3)c(F)c2)C(=O)O1.COc1ccc(P2(=S)SP(=S)(c3ccc(OC)cc3)S2)cc1. The van der Waals surface area contributed by atoms with Crippen LogP contribution in [0.15, 0.2) is 84.9 Å². The largest absolute Gasteiger partial charge is 0.497 e. The van der Waals surface area contributed by atoms with E-state index in [-0.39, 0.29) is 36.7 Å². The van der Waals surface area contributed by atoms with Crippen molar-refractivity contribution < 1.29 is 51.6 Å². The van der Waals surface area contributed by atoms with Gasteiger partial charge in [-0.2, -0.15) is 0 Å². The molecular weight excluding hydrogens is 1040 g/mol. The Bertz CT molecular complexity index is 2430. The Labute approximate surface area is 429 Å². The van der Waals surface area contributed by atoms with Crippen LogP contribution in [0.1, 0.15) is 13.8 Å². The van der Waals surface area contributed by atoms with Gasteiger partial charge in [-0.05, 0) is 91.9 Å². The van der Waals surface area contributed by atoms with Crippen molar-refractivity contribution in [2.45, 2.75) is 26.1 Å². The molecule has 0 bridgehead atoms. The molecule has 4 aromatic rings. The lowest BCUT2D eigenvalue weighted by Crippen LogP contribution is -2.36. The normalized spacial score (nSPS) is 22.8. The molecule has 5 saturated heterocycles. The summed E-state index contributed by atoms with van der Waals surface area (Å²) in [5.41, 5.74) is 1.98. The van der Waals surface area contributed by atoms with Crippen LogP contribution in [0.3, 0.4) is 0 Å². The molecule has 0 aliphatic carbocycles. The molecule has 5 heterocycles. The van der Waals surface area contributed by atoms with Crippen molar-refractivity contribution in [1.82, 2.24) is 10.6 Å². The summed E-state index contributed by atoms with van der Waals surface area (Å²) in [7, 11) is 3.34. The van der Waals surface area contributed by atoms with Gasteiger partial charge in [0.1, 0.15) is 35.3 Å². The van der Waals surface area contributed by atoms with Gasteiger partial charge in [-0.15, -0.1) is 0 Å². The van der Waals surface area contributed by atoms with E-state index in [2.05, 4.69) is 34.9 Å². The number of nitrogens with zero attached hydrogens (tertiary/aromatic N) is 4. The molecule has 0 aromatic heterocycles. The summed E-state index contributed by atoms with van der Waals surface area (Å²) in [6.45, 7) is 9.42. The summed E-state index contributed by atoms with van der Waals surface area (Å²) >= 11 is 20.5. The van der Waals surface area contributed by atoms with Crippen molar-refractivity contribution >= 4 is 123 Å². The van der Waals surface area contributed by atoms with Crippen molar-refractivity contribution in [1.29, 1.82) is 0 Å². The third-order valence-electron chi connectivity index (χ3n) is 11.3. The second-order valence-corrected chi connectivity index (χ2v) is 38.0. The third kappa shape index (κ3) is 13.6. The molecule has 0 spiro atoms. The maximum absolute atomic E-state index is 14.5. The minimum absolute atomic E-state index is 0.189. The van der Waals surface area contributed by atoms with Gasteiger partial charge in [0.15, 0.2) is 0 Å². The Hall–Kier alpha value is -4.24. The number of benzene rings is 4. The van der Waals surface area contributed by atoms with Gasteiger partial charge in [0.2, 0.25) is 5.91 Å². The molecule has 70 heavy (non-hydrogen) atoms. The van der Waals surface area contributed by atoms with Crippen molar-refractivity contribution in [2.24, 2.45) is 0 Å². The number of rotatable bonds is 12. The number of cyclic esters (lactones) is 2. The molecule has 5 aliphatic rings. The first-order valence-electron chi connectivity index (χ1n) is 22.2. The number of amides is 3. The zero-order valence-electron chi connectivity index (χ0n) is 38.9. The van der Waals surface area contributed by atoms with Gasteiger partial charge in [-0.3, -0.25) is 14.6 Å². The van der Waals surface area contributed by atoms with E-state index in [4.69, 9.17) is 64.3 Å². The molecule has 0 unspecified atom stereocenters. The van der Waals surface area contributed by atoms with Gasteiger partial charge in [0.05, 0.1) is 103 Å². The molecule has 9 rings (SSSR count). The Morgan fingerprint density at radius 1 is 0.657 bits per heavy atom. The van der Waals surface area contributed by atoms with E-state index in [0.29, 0.717) is 93.4 Å². The Morgan fingerprint density at radius 2 is 1.04 bits per heavy atom. The number of morpholine rings is 2. The van der Waals surface area contributed by atoms with E-state index in [1.165, 1.54) is 39.5 Å². The minimum atomic E-state index is -1.66. The smallest absolute Gasteiger partial charge is 0.414 e. The number of hydrogen-bond donors (Lipinski definition) is 2. The van der Waals surface area contributed by atoms with Crippen LogP contribution in [0.4, 0.5) is 41.1 Å². The maximum atomic E-state index is 14.5. The number of thiocarbonyl (C=S) groups is 1. The fourth-order valence-corrected chi connectivity index (χ4v) is 50.0. The van der Waals surface area contributed by atoms with Crippen LogP contribution in [0, 0.1) is 11.6 Å². The zero-order valence-corrected chi connectivity index (χ0v) is 44.7. The molecule has 0 radical (unpaired) electrons. The predicted molar refractivity (Wildman–Crippen MR) is 288 cm³/mol. The quantitative estimate of drug-likeness (QED) is 0.105. The standard InChI is InChI=1S/C16H20FN3O4.C16H20FN3O3S.C14H14O2P2S4/c1-11(21)18-9-13-10-20(16(22)24-13)12-2-3-15(14(17)8-12)19-4-6-23-7-5-19;1-11(24)18-9-13-10-20(16(21)23-13)12-2-3-15(14(17)8-12)19-4-6-22-7-5-19;1-15-11-3-7-13(8-4-11)17(19)21-18(20,22-17)14-9-5-12(16-2)6-10-14/h2-3,8,13H,4-7,9-10H2,1H3,(H,18,21);2-3,8,13H,4-7,9-10H2,1H3,(H,18,24);3-10H,1-2H3/t2*13-;/m00./s1. The molecule has 24 heteroatoms. The highest BCUT2D eigenvalue weighted by Crippen LogP contribution is 3.04. The molecule has 2 N–H and O–H groups in total. The zero-order chi connectivity index (χ0) is 50.0. The molecule has 5 aliphatic heterocycles. The Morgan fingerprint density at radius 3 is 1.39 bits per heavy atom. The van der Waals surface area contributed by atoms with Gasteiger partial charge in [0.25, 0.3) is 0 Å². The number of anilines is 4. The van der Waals surface area contributed by atoms with Crippen LogP contribution < -0.4 is 50.3 Å². The monoisotopic (exact) mass is 1090 g/mol. The van der Waals surface area contributed by atoms with E-state index in [1.807, 2.05) is 56.1 Å². The van der Waals surface area contributed by atoms with Gasteiger partial charge >= 0.3 is 12.2 Å². The first-order valence-corrected chi connectivity index (χ1v) is 32.3. The Balaban J connectivity index is 0.000000155. The van der Waals surface area contributed by atoms with Crippen molar-refractivity contribution in [3.05, 3.63) is 96.6 Å². The lowest BCUT2D eigenvalue weighted by atomic mass is 10.2. The minimum Gasteiger partial charge on any atom is -0.497 e. The fraction of sp³-hybridized carbons (Fsp3) is 0.391. The lowest BCUT2D eigenvalue weighted by Gasteiger charge is -2.40. The van der Waals surface area contributed by atoms with Gasteiger partial charge in [-0.25, -0.2) is 18.4 Å². The van der Waals surface area contributed by atoms with Crippen LogP contribution in [0.5, 0.6) is 11.5 Å². The number of hydrogen-bond acceptors (Lipinski definition) is 16. The highest BCUT2D eigenvalue weighted by atomic mass is 33.7. The maximum Gasteiger partial charge on any atom is 0.414 e. The van der Waals surface area contributed by atoms with E-state index in [1.54, 1.807) is 45.4 Å². The second kappa shape index (κ2) is 24.5. The number of carbonyl (C=O) groups excluding carboxylic acids is 3. The van der Waals surface area contributed by atoms with Crippen LogP contribution in [-0.4, -0.2) is 128 Å². The van der Waals surface area contributed by atoms with Crippen LogP contribution in [0.25, 0.3) is 0 Å². The average molecular weight is 1100 g/mol. The van der Waals surface area contributed by atoms with Crippen LogP contribution in [-0.2, 0) is 47.4 Å². The number of halogens is 2. The van der Waals surface area contributed by atoms with E-state index >= 15 is 0 Å². The summed E-state index contributed by atoms with van der Waals surface area (Å²) in [5, 5.41) is 8.02. The van der Waals surface area contributed by atoms with Crippen LogP contribution in [0.2, 0.25) is 0 Å². The molecule has 0 saturated carbocycles. The number of ether oxygens (including phenoxy) is 6. The molecule has 2 atom stereocenters. The lowest BCUT2D eigenvalue weighted by molar-refractivity contribution is -0.119. The number of methoxy groups -OCH3 is 2. The first-order chi connectivity index (χ1) is 33.6. The predicted octanol–water partition coefficient (Wildman–Crippen LogP) is 7.80. The molecular formula is C46H54F2N6O9P2S5. The Kier molecular flexibility index (Phi) is 18.7. The van der Waals surface area contributed by atoms with Crippen LogP contribution >= 0.6 is 43.1 Å². The van der Waals surface area contributed by atoms with Gasteiger partial charge < -0.3 is 48.9 Å². The summed E-state index contributed by atoms with van der Waals surface area (Å²) in [6, 6.07) is 25.7. The fourth-order valence-electron chi connectivity index (χ4n) is 7.65. The molecule has 15 nitrogen and oxygen atoms in total.